The first-order valence-electron chi connectivity index (χ1n) is 14.6. The maximum atomic E-state index is 2.49. The van der Waals surface area contributed by atoms with Crippen molar-refractivity contribution in [3.8, 4) is 33.4 Å². The molecule has 0 saturated carbocycles. The van der Waals surface area contributed by atoms with Gasteiger partial charge in [0.25, 0.3) is 0 Å². The van der Waals surface area contributed by atoms with Gasteiger partial charge in [-0.2, -0.15) is 0 Å². The molecule has 0 fully saturated rings. The Kier molecular flexibility index (Phi) is 4.89. The molecule has 0 amide bonds. The molecule has 3 aliphatic rings. The fourth-order valence-corrected chi connectivity index (χ4v) is 7.62. The van der Waals surface area contributed by atoms with Crippen LogP contribution in [0.1, 0.15) is 44.9 Å². The molecule has 0 heterocycles. The van der Waals surface area contributed by atoms with Crippen molar-refractivity contribution in [2.45, 2.75) is 18.8 Å². The molecule has 3 aliphatic carbocycles. The molecule has 0 N–H and O–H groups in total. The zero-order valence-corrected chi connectivity index (χ0v) is 22.8. The number of benzene rings is 6. The van der Waals surface area contributed by atoms with Crippen molar-refractivity contribution in [2.75, 3.05) is 0 Å². The number of hydrogen-bond acceptors (Lipinski definition) is 0. The molecule has 0 spiro atoms. The molecular formula is C41H28. The minimum Gasteiger partial charge on any atom is -0.0622 e. The molecular weight excluding hydrogens is 492 g/mol. The summed E-state index contributed by atoms with van der Waals surface area (Å²) in [5.74, 6) is 0.293. The number of fused-ring (bicyclic) bond motifs is 7. The summed E-state index contributed by atoms with van der Waals surface area (Å²) in [6.07, 6.45) is 2.00. The Morgan fingerprint density at radius 3 is 1.93 bits per heavy atom. The van der Waals surface area contributed by atoms with E-state index in [0.29, 0.717) is 5.92 Å². The van der Waals surface area contributed by atoms with Crippen molar-refractivity contribution < 1.29 is 0 Å². The smallest absolute Gasteiger partial charge is 0.0355 e. The summed E-state index contributed by atoms with van der Waals surface area (Å²) in [6, 6.07) is 52.0. The normalized spacial score (nSPS) is 15.8. The Bertz CT molecular complexity index is 2030. The third-order valence-electron chi connectivity index (χ3n) is 9.47. The summed E-state index contributed by atoms with van der Waals surface area (Å²) < 4.78 is 0. The Labute approximate surface area is 241 Å². The van der Waals surface area contributed by atoms with E-state index in [-0.39, 0.29) is 0 Å². The van der Waals surface area contributed by atoms with Gasteiger partial charge in [-0.25, -0.2) is 0 Å². The van der Waals surface area contributed by atoms with Crippen LogP contribution in [-0.4, -0.2) is 0 Å². The third-order valence-corrected chi connectivity index (χ3v) is 9.47. The third kappa shape index (κ3) is 3.41. The van der Waals surface area contributed by atoms with Crippen LogP contribution >= 0.6 is 0 Å². The quantitative estimate of drug-likeness (QED) is 0.217. The molecule has 0 saturated heterocycles. The van der Waals surface area contributed by atoms with Crippen LogP contribution in [-0.2, 0) is 12.8 Å². The number of rotatable bonds is 3. The Hall–Kier alpha value is -4.94. The largest absolute Gasteiger partial charge is 0.0622 e. The number of allylic oxidation sites excluding steroid dienone is 2. The topological polar surface area (TPSA) is 0 Å². The average molecular weight is 521 g/mol. The predicted octanol–water partition coefficient (Wildman–Crippen LogP) is 10.2. The standard InChI is InChI=1S/C41H28/c1-3-10-26(11-4-1)28-18-19-30-24-38-32(16-9-17-34(38)36(30)22-28)29-20-21-31-25-39-33-14-7-8-15-35(33)40(41(39)37(31)23-29)27-12-5-2-6-13-27/h1-23,40H,24-25H2. The summed E-state index contributed by atoms with van der Waals surface area (Å²) in [4.78, 5) is 0. The molecule has 192 valence electrons. The predicted molar refractivity (Wildman–Crippen MR) is 171 cm³/mol. The fraction of sp³-hybridized carbons (Fsp3) is 0.0732. The van der Waals surface area contributed by atoms with Gasteiger partial charge >= 0.3 is 0 Å². The molecule has 0 heteroatoms. The Morgan fingerprint density at radius 1 is 0.415 bits per heavy atom. The molecule has 0 radical (unpaired) electrons. The van der Waals surface area contributed by atoms with E-state index in [2.05, 4.69) is 140 Å². The second-order valence-corrected chi connectivity index (χ2v) is 11.6. The second kappa shape index (κ2) is 8.78. The van der Waals surface area contributed by atoms with Gasteiger partial charge in [0.05, 0.1) is 0 Å². The highest BCUT2D eigenvalue weighted by atomic mass is 14.4. The van der Waals surface area contributed by atoms with E-state index in [4.69, 9.17) is 0 Å². The SMILES string of the molecule is c1ccc(-c2ccc3c(c2)-c2cccc(-c4ccc5c(c4)C4=C(C5)c5ccccc5C4c4ccccc4)c2C3)cc1. The van der Waals surface area contributed by atoms with Crippen LogP contribution in [0.4, 0.5) is 0 Å². The van der Waals surface area contributed by atoms with E-state index in [0.717, 1.165) is 12.8 Å². The highest BCUT2D eigenvalue weighted by Gasteiger charge is 2.37. The first-order valence-corrected chi connectivity index (χ1v) is 14.6. The van der Waals surface area contributed by atoms with Crippen LogP contribution in [0.5, 0.6) is 0 Å². The van der Waals surface area contributed by atoms with E-state index < -0.39 is 0 Å². The van der Waals surface area contributed by atoms with Crippen LogP contribution in [0.2, 0.25) is 0 Å². The van der Waals surface area contributed by atoms with E-state index >= 15 is 0 Å². The summed E-state index contributed by atoms with van der Waals surface area (Å²) >= 11 is 0. The zero-order valence-electron chi connectivity index (χ0n) is 22.8. The molecule has 41 heavy (non-hydrogen) atoms. The molecule has 9 rings (SSSR count). The van der Waals surface area contributed by atoms with Gasteiger partial charge in [0, 0.05) is 5.92 Å². The van der Waals surface area contributed by atoms with Crippen molar-refractivity contribution in [3.63, 3.8) is 0 Å². The van der Waals surface area contributed by atoms with E-state index in [1.54, 1.807) is 0 Å². The van der Waals surface area contributed by atoms with Gasteiger partial charge in [0.1, 0.15) is 0 Å². The highest BCUT2D eigenvalue weighted by molar-refractivity contribution is 6.06. The lowest BCUT2D eigenvalue weighted by atomic mass is 9.84. The lowest BCUT2D eigenvalue weighted by Crippen LogP contribution is -2.02. The van der Waals surface area contributed by atoms with Crippen molar-refractivity contribution >= 4 is 11.1 Å². The zero-order chi connectivity index (χ0) is 26.9. The van der Waals surface area contributed by atoms with E-state index in [1.807, 2.05) is 0 Å². The van der Waals surface area contributed by atoms with Crippen molar-refractivity contribution in [1.82, 2.24) is 0 Å². The first kappa shape index (κ1) is 22.8. The van der Waals surface area contributed by atoms with Gasteiger partial charge in [-0.3, -0.25) is 0 Å². The van der Waals surface area contributed by atoms with Crippen LogP contribution in [0.3, 0.4) is 0 Å². The summed E-state index contributed by atoms with van der Waals surface area (Å²) in [7, 11) is 0. The molecule has 0 aromatic heterocycles. The van der Waals surface area contributed by atoms with Gasteiger partial charge in [-0.1, -0.05) is 127 Å². The lowest BCUT2D eigenvalue weighted by Gasteiger charge is -2.19. The highest BCUT2D eigenvalue weighted by Crippen LogP contribution is 2.56. The molecule has 1 unspecified atom stereocenters. The van der Waals surface area contributed by atoms with Gasteiger partial charge in [0.2, 0.25) is 0 Å². The van der Waals surface area contributed by atoms with Crippen LogP contribution < -0.4 is 0 Å². The average Bonchev–Trinajstić information content (AvgIpc) is 3.70. The Morgan fingerprint density at radius 2 is 1.07 bits per heavy atom. The minimum atomic E-state index is 0.293. The maximum absolute atomic E-state index is 2.49. The molecule has 0 nitrogen and oxygen atoms in total. The van der Waals surface area contributed by atoms with Crippen molar-refractivity contribution in [1.29, 1.82) is 0 Å². The minimum absolute atomic E-state index is 0.293. The maximum Gasteiger partial charge on any atom is 0.0355 e. The monoisotopic (exact) mass is 520 g/mol. The van der Waals surface area contributed by atoms with Crippen LogP contribution in [0.15, 0.2) is 140 Å². The van der Waals surface area contributed by atoms with Gasteiger partial charge in [-0.15, -0.1) is 0 Å². The van der Waals surface area contributed by atoms with Gasteiger partial charge in [0.15, 0.2) is 0 Å². The molecule has 1 atom stereocenters. The molecule has 6 aromatic carbocycles. The van der Waals surface area contributed by atoms with Gasteiger partial charge in [-0.05, 0) is 108 Å². The van der Waals surface area contributed by atoms with Gasteiger partial charge < -0.3 is 0 Å². The lowest BCUT2D eigenvalue weighted by molar-refractivity contribution is 1.06. The molecule has 0 bridgehead atoms. The second-order valence-electron chi connectivity index (χ2n) is 11.6. The summed E-state index contributed by atoms with van der Waals surface area (Å²) in [6.45, 7) is 0. The summed E-state index contributed by atoms with van der Waals surface area (Å²) in [5.41, 5.74) is 21.1. The molecule has 6 aromatic rings. The number of hydrogen-bond donors (Lipinski definition) is 0. The Balaban J connectivity index is 1.16. The van der Waals surface area contributed by atoms with Crippen LogP contribution in [0.25, 0.3) is 44.5 Å². The van der Waals surface area contributed by atoms with Crippen LogP contribution in [0, 0.1) is 0 Å². The van der Waals surface area contributed by atoms with E-state index in [9.17, 15) is 0 Å². The van der Waals surface area contributed by atoms with Crippen molar-refractivity contribution in [2.24, 2.45) is 0 Å². The summed E-state index contributed by atoms with van der Waals surface area (Å²) in [5, 5.41) is 0. The fourth-order valence-electron chi connectivity index (χ4n) is 7.62. The molecule has 0 aliphatic heterocycles. The first-order chi connectivity index (χ1) is 20.3. The van der Waals surface area contributed by atoms with Crippen molar-refractivity contribution in [3.05, 3.63) is 178 Å². The van der Waals surface area contributed by atoms with E-state index in [1.165, 1.54) is 83.5 Å².